The average molecular weight is 365 g/mol. The second kappa shape index (κ2) is 8.01. The van der Waals surface area contributed by atoms with Gasteiger partial charge in [0.05, 0.1) is 24.3 Å². The van der Waals surface area contributed by atoms with E-state index in [0.29, 0.717) is 11.3 Å². The third-order valence-electron chi connectivity index (χ3n) is 3.60. The smallest absolute Gasteiger partial charge is 0.394 e. The lowest BCUT2D eigenvalue weighted by Gasteiger charge is -2.21. The van der Waals surface area contributed by atoms with Crippen LogP contribution in [0.25, 0.3) is 0 Å². The van der Waals surface area contributed by atoms with Gasteiger partial charge >= 0.3 is 6.18 Å². The molecule has 3 N–H and O–H groups in total. The van der Waals surface area contributed by atoms with Crippen LogP contribution in [0.3, 0.4) is 0 Å². The lowest BCUT2D eigenvalue weighted by molar-refractivity contribution is -0.141. The van der Waals surface area contributed by atoms with Crippen LogP contribution in [0, 0.1) is 17.2 Å². The third-order valence-corrected chi connectivity index (χ3v) is 3.60. The number of aliphatic hydroxyl groups is 1. The van der Waals surface area contributed by atoms with Gasteiger partial charge in [-0.15, -0.1) is 0 Å². The highest BCUT2D eigenvalue weighted by molar-refractivity contribution is 5.59. The average Bonchev–Trinajstić information content (AvgIpc) is 2.58. The largest absolute Gasteiger partial charge is 0.433 e. The molecule has 0 bridgehead atoms. The molecule has 1 aromatic carbocycles. The number of nitrogens with one attached hydrogen (secondary N) is 2. The summed E-state index contributed by atoms with van der Waals surface area (Å²) in [5.74, 6) is -0.362. The summed E-state index contributed by atoms with van der Waals surface area (Å²) in [6.45, 7) is 3.35. The van der Waals surface area contributed by atoms with E-state index in [1.54, 1.807) is 18.2 Å². The standard InChI is InChI=1S/C17H18F3N5O/c1-10(2)13(9-26)23-16-24-14(17(18,19)20)7-15(25-16)22-12-5-3-4-11(6-12)8-21/h3-7,10,13,26H,9H2,1-2H3,(H2,22,23,24,25)/t13-/m0/s1. The molecule has 0 aliphatic carbocycles. The number of halogens is 3. The van der Waals surface area contributed by atoms with Crippen LogP contribution in [0.4, 0.5) is 30.6 Å². The summed E-state index contributed by atoms with van der Waals surface area (Å²) in [6, 6.07) is 8.53. The van der Waals surface area contributed by atoms with Crippen molar-refractivity contribution in [2.75, 3.05) is 17.2 Å². The second-order valence-corrected chi connectivity index (χ2v) is 5.95. The van der Waals surface area contributed by atoms with Crippen molar-refractivity contribution in [3.63, 3.8) is 0 Å². The van der Waals surface area contributed by atoms with Crippen molar-refractivity contribution in [1.29, 1.82) is 5.26 Å². The van der Waals surface area contributed by atoms with E-state index >= 15 is 0 Å². The van der Waals surface area contributed by atoms with Crippen LogP contribution in [0.1, 0.15) is 25.1 Å². The molecule has 1 heterocycles. The van der Waals surface area contributed by atoms with Crippen molar-refractivity contribution < 1.29 is 18.3 Å². The Balaban J connectivity index is 2.38. The monoisotopic (exact) mass is 365 g/mol. The lowest BCUT2D eigenvalue weighted by atomic mass is 10.1. The first-order valence-corrected chi connectivity index (χ1v) is 7.83. The number of aromatic nitrogens is 2. The number of benzene rings is 1. The van der Waals surface area contributed by atoms with Crippen molar-refractivity contribution in [2.24, 2.45) is 5.92 Å². The highest BCUT2D eigenvalue weighted by Gasteiger charge is 2.34. The van der Waals surface area contributed by atoms with E-state index in [1.165, 1.54) is 6.07 Å². The Labute approximate surface area is 148 Å². The van der Waals surface area contributed by atoms with E-state index in [0.717, 1.165) is 6.07 Å². The minimum atomic E-state index is -4.66. The van der Waals surface area contributed by atoms with Crippen LogP contribution >= 0.6 is 0 Å². The lowest BCUT2D eigenvalue weighted by Crippen LogP contribution is -2.30. The van der Waals surface area contributed by atoms with Crippen molar-refractivity contribution in [3.05, 3.63) is 41.6 Å². The minimum absolute atomic E-state index is 0.0399. The first-order valence-electron chi connectivity index (χ1n) is 7.83. The SMILES string of the molecule is CC(C)[C@H](CO)Nc1nc(Nc2cccc(C#N)c2)cc(C(F)(F)F)n1. The fourth-order valence-corrected chi connectivity index (χ4v) is 2.12. The number of rotatable bonds is 6. The molecule has 1 aromatic heterocycles. The molecule has 2 aromatic rings. The summed E-state index contributed by atoms with van der Waals surface area (Å²) in [5.41, 5.74) is -0.336. The number of hydrogen-bond acceptors (Lipinski definition) is 6. The van der Waals surface area contributed by atoms with Gasteiger partial charge < -0.3 is 15.7 Å². The fourth-order valence-electron chi connectivity index (χ4n) is 2.12. The summed E-state index contributed by atoms with van der Waals surface area (Å²) in [5, 5.41) is 23.8. The third kappa shape index (κ3) is 5.07. The molecule has 0 saturated heterocycles. The van der Waals surface area contributed by atoms with Crippen molar-refractivity contribution >= 4 is 17.5 Å². The van der Waals surface area contributed by atoms with Crippen molar-refractivity contribution in [2.45, 2.75) is 26.1 Å². The number of anilines is 3. The number of alkyl halides is 3. The predicted octanol–water partition coefficient (Wildman–Crippen LogP) is 3.54. The Morgan fingerprint density at radius 3 is 2.54 bits per heavy atom. The van der Waals surface area contributed by atoms with Gasteiger partial charge in [-0.3, -0.25) is 0 Å². The van der Waals surface area contributed by atoms with E-state index < -0.39 is 17.9 Å². The molecule has 0 aliphatic rings. The molecular weight excluding hydrogens is 347 g/mol. The summed E-state index contributed by atoms with van der Waals surface area (Å²) >= 11 is 0. The Hall–Kier alpha value is -2.86. The van der Waals surface area contributed by atoms with Gasteiger partial charge in [-0.2, -0.15) is 23.4 Å². The van der Waals surface area contributed by atoms with Crippen LogP contribution in [-0.2, 0) is 6.18 Å². The van der Waals surface area contributed by atoms with Crippen molar-refractivity contribution in [3.8, 4) is 6.07 Å². The summed E-state index contributed by atoms with van der Waals surface area (Å²) in [7, 11) is 0. The highest BCUT2D eigenvalue weighted by Crippen LogP contribution is 2.30. The van der Waals surface area contributed by atoms with E-state index in [-0.39, 0.29) is 24.3 Å². The number of nitrogens with zero attached hydrogens (tertiary/aromatic N) is 3. The van der Waals surface area contributed by atoms with Gasteiger partial charge in [-0.1, -0.05) is 19.9 Å². The predicted molar refractivity (Wildman–Crippen MR) is 90.8 cm³/mol. The zero-order valence-electron chi connectivity index (χ0n) is 14.2. The maximum atomic E-state index is 13.1. The molecule has 138 valence electrons. The number of aliphatic hydroxyl groups excluding tert-OH is 1. The van der Waals surface area contributed by atoms with Crippen molar-refractivity contribution in [1.82, 2.24) is 9.97 Å². The molecular formula is C17H18F3N5O. The first-order chi connectivity index (χ1) is 12.2. The Kier molecular flexibility index (Phi) is 6.00. The van der Waals surface area contributed by atoms with Gasteiger partial charge in [0.2, 0.25) is 5.95 Å². The van der Waals surface area contributed by atoms with E-state index in [9.17, 15) is 18.3 Å². The molecule has 0 unspecified atom stereocenters. The van der Waals surface area contributed by atoms with Crippen LogP contribution in [0.5, 0.6) is 0 Å². The summed E-state index contributed by atoms with van der Waals surface area (Å²) < 4.78 is 39.4. The van der Waals surface area contributed by atoms with Gasteiger partial charge in [0.15, 0.2) is 5.69 Å². The van der Waals surface area contributed by atoms with Crippen LogP contribution in [-0.4, -0.2) is 27.7 Å². The maximum absolute atomic E-state index is 13.1. The molecule has 0 radical (unpaired) electrons. The first kappa shape index (κ1) is 19.5. The molecule has 0 amide bonds. The zero-order valence-corrected chi connectivity index (χ0v) is 14.2. The summed E-state index contributed by atoms with van der Waals surface area (Å²) in [4.78, 5) is 7.54. The Bertz CT molecular complexity index is 802. The van der Waals surface area contributed by atoms with Crippen LogP contribution in [0.15, 0.2) is 30.3 Å². The Morgan fingerprint density at radius 1 is 1.23 bits per heavy atom. The highest BCUT2D eigenvalue weighted by atomic mass is 19.4. The fraction of sp³-hybridized carbons (Fsp3) is 0.353. The van der Waals surface area contributed by atoms with Gasteiger partial charge in [0, 0.05) is 11.8 Å². The topological polar surface area (TPSA) is 93.9 Å². The zero-order chi connectivity index (χ0) is 19.3. The second-order valence-electron chi connectivity index (χ2n) is 5.95. The molecule has 0 spiro atoms. The quantitative estimate of drug-likeness (QED) is 0.725. The van der Waals surface area contributed by atoms with Gasteiger partial charge in [-0.25, -0.2) is 4.98 Å². The van der Waals surface area contributed by atoms with Crippen LogP contribution < -0.4 is 10.6 Å². The molecule has 1 atom stereocenters. The van der Waals surface area contributed by atoms with E-state index in [1.807, 2.05) is 19.9 Å². The molecule has 26 heavy (non-hydrogen) atoms. The van der Waals surface area contributed by atoms with Gasteiger partial charge in [0.1, 0.15) is 5.82 Å². The van der Waals surface area contributed by atoms with E-state index in [2.05, 4.69) is 20.6 Å². The minimum Gasteiger partial charge on any atom is -0.394 e. The summed E-state index contributed by atoms with van der Waals surface area (Å²) in [6.07, 6.45) is -4.66. The molecule has 0 fully saturated rings. The van der Waals surface area contributed by atoms with E-state index in [4.69, 9.17) is 5.26 Å². The molecule has 0 aliphatic heterocycles. The molecule has 9 heteroatoms. The molecule has 2 rings (SSSR count). The Morgan fingerprint density at radius 2 is 1.96 bits per heavy atom. The number of hydrogen-bond donors (Lipinski definition) is 3. The van der Waals surface area contributed by atoms with Gasteiger partial charge in [-0.05, 0) is 24.1 Å². The molecule has 6 nitrogen and oxygen atoms in total. The maximum Gasteiger partial charge on any atom is 0.433 e. The van der Waals surface area contributed by atoms with Gasteiger partial charge in [0.25, 0.3) is 0 Å². The normalized spacial score (nSPS) is 12.5. The van der Waals surface area contributed by atoms with Crippen LogP contribution in [0.2, 0.25) is 0 Å². The number of nitriles is 1. The molecule has 0 saturated carbocycles.